The molecule has 2 aliphatic carbocycles. The van der Waals surface area contributed by atoms with Gasteiger partial charge in [-0.25, -0.2) is 0 Å². The van der Waals surface area contributed by atoms with Gasteiger partial charge in [-0.1, -0.05) is 26.2 Å². The zero-order valence-corrected chi connectivity index (χ0v) is 11.5. The summed E-state index contributed by atoms with van der Waals surface area (Å²) in [5, 5.41) is 0. The molecule has 0 spiro atoms. The minimum absolute atomic E-state index is 0.369. The monoisotopic (exact) mass is 224 g/mol. The lowest BCUT2D eigenvalue weighted by Crippen LogP contribution is -2.42. The summed E-state index contributed by atoms with van der Waals surface area (Å²) >= 11 is 0. The highest BCUT2D eigenvalue weighted by Crippen LogP contribution is 2.50. The van der Waals surface area contributed by atoms with Gasteiger partial charge < -0.3 is 4.74 Å². The summed E-state index contributed by atoms with van der Waals surface area (Å²) in [7, 11) is 0. The summed E-state index contributed by atoms with van der Waals surface area (Å²) in [6.07, 6.45) is 9.52. The molecule has 3 atom stereocenters. The van der Waals surface area contributed by atoms with Crippen molar-refractivity contribution < 1.29 is 4.74 Å². The van der Waals surface area contributed by atoms with Crippen LogP contribution in [0.1, 0.15) is 66.2 Å². The molecule has 94 valence electrons. The van der Waals surface area contributed by atoms with Gasteiger partial charge in [0, 0.05) is 0 Å². The molecule has 2 saturated carbocycles. The van der Waals surface area contributed by atoms with Crippen molar-refractivity contribution in [1.82, 2.24) is 0 Å². The van der Waals surface area contributed by atoms with E-state index in [0.29, 0.717) is 17.6 Å². The zero-order valence-electron chi connectivity index (χ0n) is 11.5. The molecule has 0 radical (unpaired) electrons. The maximum atomic E-state index is 6.06. The molecule has 2 fully saturated rings. The lowest BCUT2D eigenvalue weighted by Gasteiger charge is -2.48. The van der Waals surface area contributed by atoms with E-state index in [1.54, 1.807) is 0 Å². The summed E-state index contributed by atoms with van der Waals surface area (Å²) < 4.78 is 6.06. The van der Waals surface area contributed by atoms with Crippen LogP contribution in [-0.2, 0) is 4.74 Å². The second-order valence-electron chi connectivity index (χ2n) is 6.79. The molecule has 2 rings (SSSR count). The first-order valence-electron chi connectivity index (χ1n) is 7.15. The highest BCUT2D eigenvalue weighted by Gasteiger charge is 2.42. The van der Waals surface area contributed by atoms with E-state index in [4.69, 9.17) is 4.74 Å². The fourth-order valence-corrected chi connectivity index (χ4v) is 4.08. The number of rotatable bonds is 3. The fraction of sp³-hybridized carbons (Fsp3) is 1.00. The smallest absolute Gasteiger partial charge is 0.0604 e. The standard InChI is InChI=1S/C15H28O/c1-11(2)16-12(3)15(4)9-13-6-5-7-14(8-13)10-15/h11-14H,5-10H2,1-4H3. The first kappa shape index (κ1) is 12.4. The molecule has 0 aromatic heterocycles. The Kier molecular flexibility index (Phi) is 3.63. The molecule has 3 unspecified atom stereocenters. The molecule has 2 aliphatic rings. The van der Waals surface area contributed by atoms with Crippen LogP contribution in [0, 0.1) is 17.3 Å². The van der Waals surface area contributed by atoms with E-state index in [1.807, 2.05) is 0 Å². The van der Waals surface area contributed by atoms with Crippen LogP contribution in [0.15, 0.2) is 0 Å². The molecule has 0 saturated heterocycles. The van der Waals surface area contributed by atoms with E-state index in [0.717, 1.165) is 11.8 Å². The molecule has 2 bridgehead atoms. The van der Waals surface area contributed by atoms with E-state index in [2.05, 4.69) is 27.7 Å². The Balaban J connectivity index is 2.01. The quantitative estimate of drug-likeness (QED) is 0.690. The second kappa shape index (κ2) is 4.68. The highest BCUT2D eigenvalue weighted by molar-refractivity contribution is 4.93. The second-order valence-corrected chi connectivity index (χ2v) is 6.79. The normalized spacial score (nSPS) is 41.1. The van der Waals surface area contributed by atoms with Crippen molar-refractivity contribution in [2.24, 2.45) is 17.3 Å². The minimum atomic E-state index is 0.369. The van der Waals surface area contributed by atoms with Gasteiger partial charge in [0.2, 0.25) is 0 Å². The highest BCUT2D eigenvalue weighted by atomic mass is 16.5. The first-order valence-corrected chi connectivity index (χ1v) is 7.15. The van der Waals surface area contributed by atoms with Crippen molar-refractivity contribution in [1.29, 1.82) is 0 Å². The third-order valence-electron chi connectivity index (χ3n) is 4.86. The third kappa shape index (κ3) is 2.61. The lowest BCUT2D eigenvalue weighted by molar-refractivity contribution is -0.0916. The predicted molar refractivity (Wildman–Crippen MR) is 68.5 cm³/mol. The van der Waals surface area contributed by atoms with E-state index >= 15 is 0 Å². The van der Waals surface area contributed by atoms with Gasteiger partial charge in [0.1, 0.15) is 0 Å². The van der Waals surface area contributed by atoms with E-state index in [1.165, 1.54) is 38.5 Å². The van der Waals surface area contributed by atoms with Crippen LogP contribution in [0.5, 0.6) is 0 Å². The number of fused-ring (bicyclic) bond motifs is 2. The maximum absolute atomic E-state index is 6.06. The summed E-state index contributed by atoms with van der Waals surface area (Å²) in [6.45, 7) is 9.07. The molecule has 0 heterocycles. The Hall–Kier alpha value is -0.0400. The predicted octanol–water partition coefficient (Wildman–Crippen LogP) is 4.41. The molecule has 0 aliphatic heterocycles. The maximum Gasteiger partial charge on any atom is 0.0604 e. The zero-order chi connectivity index (χ0) is 11.8. The Bertz CT molecular complexity index is 222. The van der Waals surface area contributed by atoms with Gasteiger partial charge in [0.25, 0.3) is 0 Å². The molecule has 1 heteroatoms. The molecule has 1 nitrogen and oxygen atoms in total. The van der Waals surface area contributed by atoms with E-state index in [9.17, 15) is 0 Å². The van der Waals surface area contributed by atoms with Gasteiger partial charge in [0.15, 0.2) is 0 Å². The number of hydrogen-bond donors (Lipinski definition) is 0. The van der Waals surface area contributed by atoms with Crippen LogP contribution < -0.4 is 0 Å². The minimum Gasteiger partial charge on any atom is -0.375 e. The Morgan fingerprint density at radius 3 is 2.12 bits per heavy atom. The molecule has 0 amide bonds. The van der Waals surface area contributed by atoms with Crippen LogP contribution in [0.3, 0.4) is 0 Å². The van der Waals surface area contributed by atoms with Crippen molar-refractivity contribution in [2.45, 2.75) is 78.4 Å². The Morgan fingerprint density at radius 2 is 1.62 bits per heavy atom. The van der Waals surface area contributed by atoms with E-state index in [-0.39, 0.29) is 0 Å². The van der Waals surface area contributed by atoms with Gasteiger partial charge in [0.05, 0.1) is 12.2 Å². The third-order valence-corrected chi connectivity index (χ3v) is 4.86. The van der Waals surface area contributed by atoms with Crippen molar-refractivity contribution >= 4 is 0 Å². The van der Waals surface area contributed by atoms with Crippen molar-refractivity contribution in [3.05, 3.63) is 0 Å². The topological polar surface area (TPSA) is 9.23 Å². The molecular weight excluding hydrogens is 196 g/mol. The lowest BCUT2D eigenvalue weighted by atomic mass is 9.60. The van der Waals surface area contributed by atoms with Gasteiger partial charge in [-0.05, 0) is 57.3 Å². The average molecular weight is 224 g/mol. The van der Waals surface area contributed by atoms with Crippen LogP contribution in [0.25, 0.3) is 0 Å². The van der Waals surface area contributed by atoms with Gasteiger partial charge in [-0.15, -0.1) is 0 Å². The van der Waals surface area contributed by atoms with Crippen molar-refractivity contribution in [3.63, 3.8) is 0 Å². The first-order chi connectivity index (χ1) is 7.49. The SMILES string of the molecule is CC(C)OC(C)C1(C)CC2CCCC(C2)C1. The summed E-state index contributed by atoms with van der Waals surface area (Å²) in [6, 6.07) is 0. The van der Waals surface area contributed by atoms with Crippen molar-refractivity contribution in [2.75, 3.05) is 0 Å². The molecule has 16 heavy (non-hydrogen) atoms. The van der Waals surface area contributed by atoms with Gasteiger partial charge in [-0.2, -0.15) is 0 Å². The van der Waals surface area contributed by atoms with Gasteiger partial charge in [-0.3, -0.25) is 0 Å². The molecule has 0 N–H and O–H groups in total. The summed E-state index contributed by atoms with van der Waals surface area (Å²) in [5.41, 5.74) is 0.443. The Labute approximate surface area is 101 Å². The van der Waals surface area contributed by atoms with E-state index < -0.39 is 0 Å². The molecule has 0 aromatic carbocycles. The van der Waals surface area contributed by atoms with Crippen molar-refractivity contribution in [3.8, 4) is 0 Å². The van der Waals surface area contributed by atoms with Crippen LogP contribution in [0.2, 0.25) is 0 Å². The van der Waals surface area contributed by atoms with Crippen LogP contribution in [0.4, 0.5) is 0 Å². The fourth-order valence-electron chi connectivity index (χ4n) is 4.08. The molecular formula is C15H28O. The summed E-state index contributed by atoms with van der Waals surface area (Å²) in [4.78, 5) is 0. The van der Waals surface area contributed by atoms with Crippen LogP contribution in [-0.4, -0.2) is 12.2 Å². The van der Waals surface area contributed by atoms with Crippen LogP contribution >= 0.6 is 0 Å². The number of hydrogen-bond acceptors (Lipinski definition) is 1. The molecule has 0 aromatic rings. The summed E-state index contributed by atoms with van der Waals surface area (Å²) in [5.74, 6) is 1.99. The Morgan fingerprint density at radius 1 is 1.06 bits per heavy atom. The van der Waals surface area contributed by atoms with Gasteiger partial charge >= 0.3 is 0 Å². The average Bonchev–Trinajstić information content (AvgIpc) is 2.15. The largest absolute Gasteiger partial charge is 0.375 e. The number of ether oxygens (including phenoxy) is 1.